The van der Waals surface area contributed by atoms with Crippen LogP contribution in [0.4, 0.5) is 4.39 Å². The van der Waals surface area contributed by atoms with Crippen LogP contribution in [0.1, 0.15) is 42.9 Å². The molecular weight excluding hydrogens is 371 g/mol. The van der Waals surface area contributed by atoms with Crippen LogP contribution >= 0.6 is 0 Å². The summed E-state index contributed by atoms with van der Waals surface area (Å²) in [4.78, 5) is 15.5. The Bertz CT molecular complexity index is 922. The maximum atomic E-state index is 14.3. The molecule has 1 N–H and O–H groups in total. The molecule has 0 bridgehead atoms. The quantitative estimate of drug-likeness (QED) is 0.812. The lowest BCUT2D eigenvalue weighted by Crippen LogP contribution is -2.41. The number of hydrogen-bond donors (Lipinski definition) is 1. The van der Waals surface area contributed by atoms with Gasteiger partial charge in [-0.3, -0.25) is 9.69 Å². The standard InChI is InChI=1S/C23H25FN2O3/c24-18-6-2-1-5-17(18)23(9-10-23)22(27)25-14-19(26-11-3-4-12-26)16-7-8-20-21(13-16)29-15-28-20/h1-2,5-8,13,19H,3-4,9-12,14-15H2,(H,25,27). The van der Waals surface area contributed by atoms with Gasteiger partial charge < -0.3 is 14.8 Å². The van der Waals surface area contributed by atoms with Crippen molar-refractivity contribution < 1.29 is 18.7 Å². The summed E-state index contributed by atoms with van der Waals surface area (Å²) in [7, 11) is 0. The van der Waals surface area contributed by atoms with Crippen molar-refractivity contribution in [2.24, 2.45) is 0 Å². The first-order chi connectivity index (χ1) is 14.2. The van der Waals surface area contributed by atoms with Gasteiger partial charge in [-0.25, -0.2) is 4.39 Å². The van der Waals surface area contributed by atoms with Crippen LogP contribution in [0.25, 0.3) is 0 Å². The number of likely N-dealkylation sites (tertiary alicyclic amines) is 1. The molecule has 5 nitrogen and oxygen atoms in total. The highest BCUT2D eigenvalue weighted by Gasteiger charge is 2.52. The zero-order chi connectivity index (χ0) is 19.8. The molecule has 0 radical (unpaired) electrons. The molecule has 2 aliphatic heterocycles. The molecule has 2 heterocycles. The van der Waals surface area contributed by atoms with E-state index in [0.717, 1.165) is 43.0 Å². The summed E-state index contributed by atoms with van der Waals surface area (Å²) in [5, 5.41) is 3.13. The first kappa shape index (κ1) is 18.4. The molecule has 1 atom stereocenters. The maximum absolute atomic E-state index is 14.3. The highest BCUT2D eigenvalue weighted by atomic mass is 19.1. The molecule has 3 aliphatic rings. The summed E-state index contributed by atoms with van der Waals surface area (Å²) in [6.07, 6.45) is 3.71. The maximum Gasteiger partial charge on any atom is 0.231 e. The minimum Gasteiger partial charge on any atom is -0.454 e. The number of ether oxygens (including phenoxy) is 2. The number of nitrogens with zero attached hydrogens (tertiary/aromatic N) is 1. The largest absolute Gasteiger partial charge is 0.454 e. The number of rotatable bonds is 6. The molecule has 2 fully saturated rings. The molecule has 1 aliphatic carbocycles. The highest BCUT2D eigenvalue weighted by molar-refractivity contribution is 5.91. The predicted octanol–water partition coefficient (Wildman–Crippen LogP) is 3.54. The topological polar surface area (TPSA) is 50.8 Å². The molecule has 1 saturated heterocycles. The van der Waals surface area contributed by atoms with Crippen molar-refractivity contribution in [1.82, 2.24) is 10.2 Å². The van der Waals surface area contributed by atoms with Gasteiger partial charge in [0.05, 0.1) is 11.5 Å². The normalized spacial score (nSPS) is 20.4. The average molecular weight is 396 g/mol. The van der Waals surface area contributed by atoms with Gasteiger partial charge in [-0.1, -0.05) is 24.3 Å². The van der Waals surface area contributed by atoms with E-state index in [2.05, 4.69) is 10.2 Å². The highest BCUT2D eigenvalue weighted by Crippen LogP contribution is 2.49. The van der Waals surface area contributed by atoms with Crippen molar-refractivity contribution in [3.05, 3.63) is 59.4 Å². The molecule has 1 amide bonds. The molecule has 1 saturated carbocycles. The van der Waals surface area contributed by atoms with E-state index in [1.165, 1.54) is 6.07 Å². The Kier molecular flexibility index (Phi) is 4.66. The smallest absolute Gasteiger partial charge is 0.231 e. The molecule has 2 aromatic carbocycles. The van der Waals surface area contributed by atoms with Gasteiger partial charge in [0.2, 0.25) is 12.7 Å². The second-order valence-electron chi connectivity index (χ2n) is 8.14. The third kappa shape index (κ3) is 3.35. The number of carbonyl (C=O) groups excluding carboxylic acids is 1. The Hall–Kier alpha value is -2.60. The van der Waals surface area contributed by atoms with E-state index in [1.54, 1.807) is 18.2 Å². The monoisotopic (exact) mass is 396 g/mol. The predicted molar refractivity (Wildman–Crippen MR) is 106 cm³/mol. The fraction of sp³-hybridized carbons (Fsp3) is 0.435. The number of fused-ring (bicyclic) bond motifs is 1. The molecule has 29 heavy (non-hydrogen) atoms. The first-order valence-corrected chi connectivity index (χ1v) is 10.3. The first-order valence-electron chi connectivity index (χ1n) is 10.3. The van der Waals surface area contributed by atoms with Crippen LogP contribution in [0, 0.1) is 5.82 Å². The summed E-state index contributed by atoms with van der Waals surface area (Å²) in [5.41, 5.74) is 0.904. The van der Waals surface area contributed by atoms with Crippen molar-refractivity contribution >= 4 is 5.91 Å². The zero-order valence-corrected chi connectivity index (χ0v) is 16.3. The van der Waals surface area contributed by atoms with E-state index in [4.69, 9.17) is 9.47 Å². The van der Waals surface area contributed by atoms with Crippen molar-refractivity contribution in [2.75, 3.05) is 26.4 Å². The summed E-state index contributed by atoms with van der Waals surface area (Å²) in [6, 6.07) is 12.7. The Morgan fingerprint density at radius 1 is 1.10 bits per heavy atom. The van der Waals surface area contributed by atoms with Crippen LogP contribution < -0.4 is 14.8 Å². The number of halogens is 1. The molecule has 0 aromatic heterocycles. The van der Waals surface area contributed by atoms with Gasteiger partial charge in [0.1, 0.15) is 5.82 Å². The van der Waals surface area contributed by atoms with E-state index in [0.29, 0.717) is 24.9 Å². The van der Waals surface area contributed by atoms with Gasteiger partial charge in [0.15, 0.2) is 11.5 Å². The second-order valence-corrected chi connectivity index (χ2v) is 8.14. The van der Waals surface area contributed by atoms with Crippen LogP contribution in [0.2, 0.25) is 0 Å². The van der Waals surface area contributed by atoms with Gasteiger partial charge in [-0.2, -0.15) is 0 Å². The summed E-state index contributed by atoms with van der Waals surface area (Å²) in [6.45, 7) is 2.75. The second kappa shape index (κ2) is 7.34. The van der Waals surface area contributed by atoms with E-state index in [1.807, 2.05) is 18.2 Å². The lowest BCUT2D eigenvalue weighted by Gasteiger charge is -2.29. The van der Waals surface area contributed by atoms with Crippen molar-refractivity contribution in [1.29, 1.82) is 0 Å². The molecular formula is C23H25FN2O3. The van der Waals surface area contributed by atoms with Crippen LogP contribution in [0.3, 0.4) is 0 Å². The minimum atomic E-state index is -0.713. The van der Waals surface area contributed by atoms with Gasteiger partial charge in [-0.05, 0) is 62.5 Å². The van der Waals surface area contributed by atoms with E-state index < -0.39 is 5.41 Å². The number of nitrogens with one attached hydrogen (secondary N) is 1. The SMILES string of the molecule is O=C(NCC(c1ccc2c(c1)OCO2)N1CCCC1)C1(c2ccccc2F)CC1. The fourth-order valence-corrected chi connectivity index (χ4v) is 4.58. The minimum absolute atomic E-state index is 0.0624. The van der Waals surface area contributed by atoms with E-state index in [9.17, 15) is 9.18 Å². The van der Waals surface area contributed by atoms with Gasteiger partial charge in [-0.15, -0.1) is 0 Å². The third-order valence-electron chi connectivity index (χ3n) is 6.39. The molecule has 5 rings (SSSR count). The van der Waals surface area contributed by atoms with Gasteiger partial charge >= 0.3 is 0 Å². The van der Waals surface area contributed by atoms with Crippen molar-refractivity contribution in [3.63, 3.8) is 0 Å². The Morgan fingerprint density at radius 3 is 2.62 bits per heavy atom. The average Bonchev–Trinajstić information content (AvgIpc) is 3.14. The molecule has 0 spiro atoms. The fourth-order valence-electron chi connectivity index (χ4n) is 4.58. The Labute approximate surface area is 169 Å². The van der Waals surface area contributed by atoms with Crippen LogP contribution in [-0.4, -0.2) is 37.2 Å². The summed E-state index contributed by atoms with van der Waals surface area (Å²) >= 11 is 0. The Morgan fingerprint density at radius 2 is 1.86 bits per heavy atom. The lowest BCUT2D eigenvalue weighted by atomic mass is 9.94. The number of amides is 1. The van der Waals surface area contributed by atoms with Crippen LogP contribution in [0.5, 0.6) is 11.5 Å². The Balaban J connectivity index is 1.35. The molecule has 1 unspecified atom stereocenters. The number of benzene rings is 2. The van der Waals surface area contributed by atoms with E-state index >= 15 is 0 Å². The van der Waals surface area contributed by atoms with Gasteiger partial charge in [0.25, 0.3) is 0 Å². The van der Waals surface area contributed by atoms with Crippen LogP contribution in [0.15, 0.2) is 42.5 Å². The number of hydrogen-bond acceptors (Lipinski definition) is 4. The van der Waals surface area contributed by atoms with Crippen molar-refractivity contribution in [2.45, 2.75) is 37.1 Å². The molecule has 6 heteroatoms. The zero-order valence-electron chi connectivity index (χ0n) is 16.3. The van der Waals surface area contributed by atoms with Gasteiger partial charge in [0, 0.05) is 12.1 Å². The molecule has 2 aromatic rings. The molecule has 152 valence electrons. The summed E-state index contributed by atoms with van der Waals surface area (Å²) in [5.74, 6) is 1.14. The van der Waals surface area contributed by atoms with Crippen LogP contribution in [-0.2, 0) is 10.2 Å². The van der Waals surface area contributed by atoms with Crippen molar-refractivity contribution in [3.8, 4) is 11.5 Å². The summed E-state index contributed by atoms with van der Waals surface area (Å²) < 4.78 is 25.3. The lowest BCUT2D eigenvalue weighted by molar-refractivity contribution is -0.123. The third-order valence-corrected chi connectivity index (χ3v) is 6.39. The van der Waals surface area contributed by atoms with E-state index in [-0.39, 0.29) is 24.6 Å². The number of carbonyl (C=O) groups is 1.